The molecule has 2 N–H and O–H groups in total. The summed E-state index contributed by atoms with van der Waals surface area (Å²) in [4.78, 5) is 13.6. The van der Waals surface area contributed by atoms with Crippen LogP contribution in [0.3, 0.4) is 0 Å². The Bertz CT molecular complexity index is 882. The monoisotopic (exact) mass is 396 g/mol. The molecule has 0 aliphatic rings. The van der Waals surface area contributed by atoms with Crippen molar-refractivity contribution in [3.05, 3.63) is 82.0 Å². The van der Waals surface area contributed by atoms with E-state index in [-0.39, 0.29) is 18.5 Å². The molecule has 0 aliphatic heterocycles. The molecular weight excluding hydrogens is 372 g/mol. The van der Waals surface area contributed by atoms with Crippen molar-refractivity contribution in [2.24, 2.45) is 0 Å². The third kappa shape index (κ3) is 5.12. The Morgan fingerprint density at radius 1 is 1.00 bits per heavy atom. The Morgan fingerprint density at radius 2 is 1.79 bits per heavy atom. The average Bonchev–Trinajstić information content (AvgIpc) is 3.27. The van der Waals surface area contributed by atoms with Gasteiger partial charge in [0.15, 0.2) is 11.5 Å². The third-order valence-corrected chi connectivity index (χ3v) is 5.30. The zero-order valence-corrected chi connectivity index (χ0v) is 16.8. The van der Waals surface area contributed by atoms with Crippen LogP contribution in [0, 0.1) is 0 Å². The second-order valence-corrected chi connectivity index (χ2v) is 7.19. The molecule has 0 bridgehead atoms. The zero-order chi connectivity index (χ0) is 19.8. The lowest BCUT2D eigenvalue weighted by atomic mass is 10.1. The number of hydrogen-bond acceptors (Lipinski definition) is 5. The van der Waals surface area contributed by atoms with E-state index in [9.17, 15) is 4.79 Å². The Morgan fingerprint density at radius 3 is 2.46 bits per heavy atom. The summed E-state index contributed by atoms with van der Waals surface area (Å²) in [5, 5.41) is 8.36. The first kappa shape index (κ1) is 19.9. The number of thiophene rings is 1. The van der Waals surface area contributed by atoms with Crippen LogP contribution in [0.2, 0.25) is 0 Å². The van der Waals surface area contributed by atoms with Gasteiger partial charge in [-0.25, -0.2) is 0 Å². The van der Waals surface area contributed by atoms with Crippen LogP contribution in [0.5, 0.6) is 11.5 Å². The van der Waals surface area contributed by atoms with Gasteiger partial charge in [0.25, 0.3) is 0 Å². The van der Waals surface area contributed by atoms with Gasteiger partial charge >= 0.3 is 0 Å². The van der Waals surface area contributed by atoms with Crippen molar-refractivity contribution in [2.45, 2.75) is 12.6 Å². The minimum absolute atomic E-state index is 0.00645. The molecule has 5 nitrogen and oxygen atoms in total. The highest BCUT2D eigenvalue weighted by molar-refractivity contribution is 7.10. The predicted molar refractivity (Wildman–Crippen MR) is 112 cm³/mol. The van der Waals surface area contributed by atoms with Crippen molar-refractivity contribution in [1.29, 1.82) is 0 Å². The van der Waals surface area contributed by atoms with Crippen LogP contribution in [-0.4, -0.2) is 26.7 Å². The van der Waals surface area contributed by atoms with Crippen molar-refractivity contribution in [1.82, 2.24) is 10.6 Å². The number of amides is 1. The Kier molecular flexibility index (Phi) is 7.06. The molecule has 1 heterocycles. The zero-order valence-electron chi connectivity index (χ0n) is 16.0. The molecule has 0 fully saturated rings. The number of hydrogen-bond donors (Lipinski definition) is 2. The van der Waals surface area contributed by atoms with E-state index >= 15 is 0 Å². The second kappa shape index (κ2) is 9.92. The maximum atomic E-state index is 12.4. The van der Waals surface area contributed by atoms with Crippen LogP contribution < -0.4 is 20.1 Å². The lowest BCUT2D eigenvalue weighted by molar-refractivity contribution is -0.120. The van der Waals surface area contributed by atoms with Gasteiger partial charge in [-0.15, -0.1) is 11.3 Å². The van der Waals surface area contributed by atoms with Gasteiger partial charge in [0.05, 0.1) is 26.8 Å². The molecule has 0 spiro atoms. The fourth-order valence-electron chi connectivity index (χ4n) is 2.93. The molecule has 28 heavy (non-hydrogen) atoms. The van der Waals surface area contributed by atoms with Crippen LogP contribution in [0.25, 0.3) is 0 Å². The van der Waals surface area contributed by atoms with Crippen LogP contribution >= 0.6 is 11.3 Å². The number of carbonyl (C=O) groups excluding carboxylic acids is 1. The standard InChI is InChI=1S/C22H24N2O3S/c1-26-18-11-10-16(13-19(18)27-2)14-23-21(25)15-24-22(20-9-6-12-28-20)17-7-4-3-5-8-17/h3-13,22,24H,14-15H2,1-2H3,(H,23,25)/t22-/m1/s1. The number of rotatable bonds is 9. The average molecular weight is 397 g/mol. The minimum atomic E-state index is -0.0627. The minimum Gasteiger partial charge on any atom is -0.493 e. The fraction of sp³-hybridized carbons (Fsp3) is 0.227. The highest BCUT2D eigenvalue weighted by atomic mass is 32.1. The highest BCUT2D eigenvalue weighted by Crippen LogP contribution is 2.27. The van der Waals surface area contributed by atoms with Crippen molar-refractivity contribution < 1.29 is 14.3 Å². The van der Waals surface area contributed by atoms with E-state index in [1.165, 1.54) is 4.88 Å². The molecule has 146 valence electrons. The summed E-state index contributed by atoms with van der Waals surface area (Å²) >= 11 is 1.68. The number of nitrogens with one attached hydrogen (secondary N) is 2. The third-order valence-electron chi connectivity index (χ3n) is 4.36. The molecule has 0 saturated heterocycles. The summed E-state index contributed by atoms with van der Waals surface area (Å²) in [6.45, 7) is 0.653. The van der Waals surface area contributed by atoms with E-state index in [0.29, 0.717) is 18.0 Å². The van der Waals surface area contributed by atoms with Crippen molar-refractivity contribution in [3.8, 4) is 11.5 Å². The summed E-state index contributed by atoms with van der Waals surface area (Å²) in [5.41, 5.74) is 2.08. The summed E-state index contributed by atoms with van der Waals surface area (Å²) < 4.78 is 10.5. The molecule has 1 amide bonds. The smallest absolute Gasteiger partial charge is 0.234 e. The molecular formula is C22H24N2O3S. The van der Waals surface area contributed by atoms with Gasteiger partial charge < -0.3 is 14.8 Å². The van der Waals surface area contributed by atoms with Gasteiger partial charge in [-0.3, -0.25) is 10.1 Å². The molecule has 0 saturated carbocycles. The van der Waals surface area contributed by atoms with Crippen LogP contribution in [0.4, 0.5) is 0 Å². The largest absolute Gasteiger partial charge is 0.493 e. The molecule has 6 heteroatoms. The van der Waals surface area contributed by atoms with Gasteiger partial charge in [-0.2, -0.15) is 0 Å². The Labute approximate surface area is 169 Å². The van der Waals surface area contributed by atoms with Crippen molar-refractivity contribution >= 4 is 17.2 Å². The summed E-state index contributed by atoms with van der Waals surface area (Å²) in [6, 6.07) is 19.9. The van der Waals surface area contributed by atoms with Gasteiger partial charge in [0, 0.05) is 11.4 Å². The molecule has 1 atom stereocenters. The molecule has 0 aliphatic carbocycles. The van der Waals surface area contributed by atoms with E-state index in [4.69, 9.17) is 9.47 Å². The lowest BCUT2D eigenvalue weighted by Gasteiger charge is -2.18. The summed E-state index contributed by atoms with van der Waals surface area (Å²) in [7, 11) is 3.19. The molecule has 3 rings (SSSR count). The quantitative estimate of drug-likeness (QED) is 0.578. The first-order valence-corrected chi connectivity index (χ1v) is 9.88. The normalized spacial score (nSPS) is 11.6. The number of carbonyl (C=O) groups is 1. The van der Waals surface area contributed by atoms with Crippen LogP contribution in [-0.2, 0) is 11.3 Å². The highest BCUT2D eigenvalue weighted by Gasteiger charge is 2.16. The topological polar surface area (TPSA) is 59.6 Å². The fourth-order valence-corrected chi connectivity index (χ4v) is 3.76. The number of methoxy groups -OCH3 is 2. The van der Waals surface area contributed by atoms with E-state index in [2.05, 4.69) is 28.8 Å². The first-order chi connectivity index (χ1) is 13.7. The van der Waals surface area contributed by atoms with E-state index in [0.717, 1.165) is 11.1 Å². The van der Waals surface area contributed by atoms with Crippen LogP contribution in [0.1, 0.15) is 22.0 Å². The second-order valence-electron chi connectivity index (χ2n) is 6.21. The predicted octanol–water partition coefficient (Wildman–Crippen LogP) is 3.76. The molecule has 2 aromatic carbocycles. The van der Waals surface area contributed by atoms with Crippen molar-refractivity contribution in [3.63, 3.8) is 0 Å². The Balaban J connectivity index is 1.58. The lowest BCUT2D eigenvalue weighted by Crippen LogP contribution is -2.35. The summed E-state index contributed by atoms with van der Waals surface area (Å²) in [5.74, 6) is 1.25. The number of ether oxygens (including phenoxy) is 2. The molecule has 3 aromatic rings. The van der Waals surface area contributed by atoms with E-state index in [1.54, 1.807) is 25.6 Å². The van der Waals surface area contributed by atoms with E-state index in [1.807, 2.05) is 47.8 Å². The van der Waals surface area contributed by atoms with Crippen molar-refractivity contribution in [2.75, 3.05) is 20.8 Å². The molecule has 0 unspecified atom stereocenters. The Hall–Kier alpha value is -2.83. The number of benzene rings is 2. The first-order valence-electron chi connectivity index (χ1n) is 9.00. The van der Waals surface area contributed by atoms with Gasteiger partial charge in [0.2, 0.25) is 5.91 Å². The van der Waals surface area contributed by atoms with Gasteiger partial charge in [-0.1, -0.05) is 42.5 Å². The molecule has 0 radical (unpaired) electrons. The molecule has 1 aromatic heterocycles. The maximum absolute atomic E-state index is 12.4. The summed E-state index contributed by atoms with van der Waals surface area (Å²) in [6.07, 6.45) is 0. The van der Waals surface area contributed by atoms with Gasteiger partial charge in [-0.05, 0) is 34.7 Å². The maximum Gasteiger partial charge on any atom is 0.234 e. The van der Waals surface area contributed by atoms with Gasteiger partial charge in [0.1, 0.15) is 0 Å². The van der Waals surface area contributed by atoms with Crippen LogP contribution in [0.15, 0.2) is 66.0 Å². The SMILES string of the molecule is COc1ccc(CNC(=O)CN[C@H](c2ccccc2)c2cccs2)cc1OC. The van der Waals surface area contributed by atoms with E-state index < -0.39 is 0 Å².